The molecule has 3 aliphatic rings. The number of hydrogen-bond donors (Lipinski definition) is 3. The van der Waals surface area contributed by atoms with Crippen LogP contribution in [-0.4, -0.2) is 147 Å². The van der Waals surface area contributed by atoms with Crippen LogP contribution < -0.4 is 16.8 Å². The molecule has 135 heavy (non-hydrogen) atoms. The van der Waals surface area contributed by atoms with Gasteiger partial charge in [0.2, 0.25) is 5.95 Å². The molecular weight excluding hydrogens is 2060 g/mol. The third-order valence-corrected chi connectivity index (χ3v) is 31.6. The monoisotopic (exact) mass is 2160 g/mol. The molecule has 0 amide bonds. The van der Waals surface area contributed by atoms with Crippen molar-refractivity contribution >= 4 is 179 Å². The summed E-state index contributed by atoms with van der Waals surface area (Å²) in [6.07, 6.45) is 24.9. The second kappa shape index (κ2) is 54.4. The van der Waals surface area contributed by atoms with E-state index in [1.165, 1.54) is 117 Å². The highest BCUT2D eigenvalue weighted by Gasteiger charge is 2.50. The van der Waals surface area contributed by atoms with E-state index in [0.29, 0.717) is 99.4 Å². The van der Waals surface area contributed by atoms with Gasteiger partial charge >= 0.3 is 19.3 Å². The molecule has 0 spiro atoms. The van der Waals surface area contributed by atoms with Gasteiger partial charge in [0, 0.05) is 99.7 Å². The fraction of sp³-hybridized carbons (Fsp3) is 0.312. The van der Waals surface area contributed by atoms with E-state index in [4.69, 9.17) is 77.9 Å². The predicted molar refractivity (Wildman–Crippen MR) is 545 cm³/mol. The van der Waals surface area contributed by atoms with Crippen molar-refractivity contribution in [1.29, 1.82) is 0 Å². The molecule has 9 N–H and O–H groups in total. The summed E-state index contributed by atoms with van der Waals surface area (Å²) in [7, 11) is 3.72. The lowest BCUT2D eigenvalue weighted by Gasteiger charge is -2.32. The Hall–Kier alpha value is -8.21. The highest BCUT2D eigenvalue weighted by Crippen LogP contribution is 2.38. The largest absolute Gasteiger partial charge is 0.487 e. The first-order chi connectivity index (χ1) is 62.1. The number of halogens is 13. The minimum atomic E-state index is -3.72. The summed E-state index contributed by atoms with van der Waals surface area (Å²) < 4.78 is 169. The smallest absolute Gasteiger partial charge is 0.412 e. The van der Waals surface area contributed by atoms with Crippen LogP contribution in [0.4, 0.5) is 38.0 Å². The number of aryl methyl sites for hydroxylation is 4. The van der Waals surface area contributed by atoms with Crippen LogP contribution in [0.1, 0.15) is 153 Å². The van der Waals surface area contributed by atoms with E-state index >= 15 is 0 Å². The molecule has 1 saturated heterocycles. The Labute approximate surface area is 834 Å². The summed E-state index contributed by atoms with van der Waals surface area (Å²) in [6.45, 7) is 14.9. The fourth-order valence-corrected chi connectivity index (χ4v) is 20.9. The number of nitrogen functional groups attached to an aromatic ring is 1. The van der Waals surface area contributed by atoms with Gasteiger partial charge in [-0.15, -0.1) is 0 Å². The fourth-order valence-electron chi connectivity index (χ4n) is 13.7. The quantitative estimate of drug-likeness (QED) is 0.0276. The van der Waals surface area contributed by atoms with Gasteiger partial charge in [-0.05, 0) is 306 Å². The second-order valence-electron chi connectivity index (χ2n) is 32.7. The Bertz CT molecular complexity index is 6080. The lowest BCUT2D eigenvalue weighted by atomic mass is 9.89. The van der Waals surface area contributed by atoms with E-state index in [1.807, 2.05) is 52.0 Å². The molecule has 728 valence electrons. The molecule has 39 heteroatoms. The molecule has 2 aliphatic carbocycles. The molecule has 0 atom stereocenters. The minimum Gasteiger partial charge on any atom is -0.412 e. The zero-order chi connectivity index (χ0) is 97.2. The number of hydrogen-bond acceptors (Lipinski definition) is 20. The number of aromatic nitrogens is 6. The van der Waals surface area contributed by atoms with Crippen LogP contribution >= 0.6 is 99.9 Å². The number of benzene rings is 8. The zero-order valence-electron chi connectivity index (χ0n) is 75.5. The van der Waals surface area contributed by atoms with Crippen molar-refractivity contribution < 1.29 is 71.9 Å². The lowest BCUT2D eigenvalue weighted by molar-refractivity contribution is 0.00578. The third kappa shape index (κ3) is 36.2. The van der Waals surface area contributed by atoms with Crippen LogP contribution in [0.25, 0.3) is 30.4 Å². The van der Waals surface area contributed by atoms with E-state index in [-0.39, 0.29) is 82.4 Å². The van der Waals surface area contributed by atoms with E-state index in [9.17, 15) is 51.6 Å². The van der Waals surface area contributed by atoms with Gasteiger partial charge in [0.25, 0.3) is 0 Å². The van der Waals surface area contributed by atoms with Crippen LogP contribution in [0.15, 0.2) is 217 Å². The van der Waals surface area contributed by atoms with Crippen molar-refractivity contribution in [2.75, 3.05) is 39.2 Å². The molecule has 0 bridgehead atoms. The van der Waals surface area contributed by atoms with Gasteiger partial charge in [0.1, 0.15) is 23.3 Å². The highest BCUT2D eigenvalue weighted by molar-refractivity contribution is 9.10. The first-order valence-corrected chi connectivity index (χ1v) is 51.1. The van der Waals surface area contributed by atoms with Crippen LogP contribution in [-0.2, 0) is 56.1 Å². The van der Waals surface area contributed by atoms with Gasteiger partial charge in [0.05, 0.1) is 72.2 Å². The zero-order valence-corrected chi connectivity index (χ0v) is 85.7. The molecule has 8 aromatic carbocycles. The van der Waals surface area contributed by atoms with E-state index < -0.39 is 66.2 Å². The molecule has 21 nitrogen and oxygen atoms in total. The van der Waals surface area contributed by atoms with Gasteiger partial charge in [-0.25, -0.2) is 72.7 Å². The third-order valence-electron chi connectivity index (χ3n) is 21.6. The summed E-state index contributed by atoms with van der Waals surface area (Å²) in [5.74, 6) is -0.475. The predicted octanol–water partition coefficient (Wildman–Crippen LogP) is 23.5. The Morgan fingerprint density at radius 1 is 0.467 bits per heavy atom. The molecule has 3 fully saturated rings. The van der Waals surface area contributed by atoms with Crippen LogP contribution in [0.2, 0.25) is 20.1 Å². The van der Waals surface area contributed by atoms with Gasteiger partial charge < -0.3 is 46.8 Å². The Kier molecular flexibility index (Phi) is 47.2. The first-order valence-electron chi connectivity index (χ1n) is 41.4. The van der Waals surface area contributed by atoms with Crippen molar-refractivity contribution in [3.05, 3.63) is 320 Å². The van der Waals surface area contributed by atoms with Crippen LogP contribution in [0, 0.1) is 63.1 Å². The number of anilines is 2. The molecule has 14 rings (SSSR count). The number of nitrogens with two attached hydrogens (primary N) is 2. The number of rotatable bonds is 20. The standard InChI is InChI=1S/C28H32ClFN4O2S.C20H15ClF2N2O2S.C14H11BrClFO2S.C12H16BFN2O2.C8H18N2.C7H7BrFN.C6H4Cl2S.CH4.2H2O/c1-19-14-21(18-37(35,36)27-7-5-4-6-25(27)29)15-26(30)24(19)13-8-20-16-31-28(32-17-20)33-22-9-11-23(12-10-22)34(2)3;1-13-8-15(12-28(26,27)19-5-3-2-4-17(19)21)9-18(22)16(13)7-6-14-10-24-20(23)25-11-14;1-9-6-10(7-12(17)14(9)15)8-20(18,19)13-5-3-2-4-11(13)16;1-11(2)12(3,4)18-13(17-11)6-5-9-7-15-10(14)16-8-9;1-10(2)8-5-3-7(9)4-6-8;1-4-2-5(10)3-6(9)7(4)8;7-5-3-1-2-4-6(5)9-8;;;/h4-8,13-17,22-23H,9-12,18H2,1-3H3,(H,31,32,33);2-11H,12H2,1H3;2-7H,8H2,1H3;5-8H,1-4H3;7-8H,3-6,9H2,1-2H3;2-3H,10H2,1H3;1-4H;1H4;2*1H2/b13-8+;7-6+;;6-5+;;;;;;. The van der Waals surface area contributed by atoms with Crippen molar-refractivity contribution in [1.82, 2.24) is 39.7 Å². The molecule has 1 aliphatic heterocycles. The molecule has 4 heterocycles. The summed E-state index contributed by atoms with van der Waals surface area (Å²) >= 11 is 29.8. The van der Waals surface area contributed by atoms with E-state index in [2.05, 4.69) is 105 Å². The van der Waals surface area contributed by atoms with Gasteiger partial charge in [0.15, 0.2) is 29.5 Å². The Balaban J connectivity index is 0.000000293. The average Bonchev–Trinajstić information content (AvgIpc) is 1.61. The maximum Gasteiger partial charge on any atom is 0.487 e. The molecule has 3 aromatic heterocycles. The SMILES string of the molecule is C.CC1(C)OB(/C=C/c2cnc(F)nc2)OC1(C)C.CN(C)C1CCC(N)CC1.Cc1cc(CS(=O)(=O)c2ccccc2Cl)cc(F)c1/C=C/c1cnc(F)nc1.Cc1cc(CS(=O)(=O)c2ccccc2Cl)cc(F)c1/C=C/c1cnc(NC2CCC(N(C)C)CC2)nc1.Cc1cc(CS(=O)(=O)c2ccccc2Cl)cc(F)c1Br.Cc1cc(N)cc(F)c1Br.ClSc1ccccc1Cl.O.O. The number of nitrogens with zero attached hydrogens (tertiary/aromatic N) is 8. The first kappa shape index (κ1) is 117. The van der Waals surface area contributed by atoms with E-state index in [1.54, 1.807) is 131 Å². The normalized spacial score (nSPS) is 16.1. The van der Waals surface area contributed by atoms with Crippen LogP contribution in [0.5, 0.6) is 0 Å². The summed E-state index contributed by atoms with van der Waals surface area (Å²) in [5.41, 5.74) is 17.2. The highest BCUT2D eigenvalue weighted by atomic mass is 79.9. The molecule has 0 radical (unpaired) electrons. The Morgan fingerprint density at radius 2 is 0.793 bits per heavy atom. The molecule has 0 unspecified atom stereocenters. The summed E-state index contributed by atoms with van der Waals surface area (Å²) in [5, 5.41) is 4.57. The number of nitrogens with one attached hydrogen (secondary N) is 1. The van der Waals surface area contributed by atoms with Crippen molar-refractivity contribution in [3.8, 4) is 0 Å². The molecule has 2 saturated carbocycles. The lowest BCUT2D eigenvalue weighted by Crippen LogP contribution is -2.41. The number of sulfone groups is 3. The van der Waals surface area contributed by atoms with Crippen molar-refractivity contribution in [2.45, 2.75) is 186 Å². The molecule has 11 aromatic rings. The maximum atomic E-state index is 15.0. The van der Waals surface area contributed by atoms with Gasteiger partial charge in [-0.1, -0.05) is 157 Å². The minimum absolute atomic E-state index is 0. The topological polar surface area (TPSA) is 332 Å². The second-order valence-corrected chi connectivity index (χ2v) is 42.9. The van der Waals surface area contributed by atoms with Gasteiger partial charge in [-0.3, -0.25) is 0 Å². The van der Waals surface area contributed by atoms with Crippen molar-refractivity contribution in [3.63, 3.8) is 0 Å². The van der Waals surface area contributed by atoms with Crippen molar-refractivity contribution in [2.24, 2.45) is 5.73 Å². The van der Waals surface area contributed by atoms with E-state index in [0.717, 1.165) is 58.7 Å². The average molecular weight is 2170 g/mol. The van der Waals surface area contributed by atoms with Gasteiger partial charge in [-0.2, -0.15) is 8.78 Å². The van der Waals surface area contributed by atoms with Crippen LogP contribution in [0.3, 0.4) is 0 Å². The summed E-state index contributed by atoms with van der Waals surface area (Å²) in [6, 6.07) is 39.9. The maximum absolute atomic E-state index is 15.0. The Morgan fingerprint density at radius 3 is 1.13 bits per heavy atom. The summed E-state index contributed by atoms with van der Waals surface area (Å²) in [4.78, 5) is 28.2. The molecular formula is C96H111BBr2Cl5F6N11O10S4.